The molecule has 1 atom stereocenters. The van der Waals surface area contributed by atoms with Crippen LogP contribution >= 0.6 is 11.8 Å². The van der Waals surface area contributed by atoms with Gasteiger partial charge in [-0.3, -0.25) is 4.79 Å². The summed E-state index contributed by atoms with van der Waals surface area (Å²) in [6, 6.07) is 0. The Morgan fingerprint density at radius 2 is 2.21 bits per heavy atom. The van der Waals surface area contributed by atoms with Crippen molar-refractivity contribution in [3.63, 3.8) is 0 Å². The zero-order valence-electron chi connectivity index (χ0n) is 8.36. The molecule has 1 aliphatic rings. The first kappa shape index (κ1) is 12.0. The summed E-state index contributed by atoms with van der Waals surface area (Å²) >= 11 is 1.72. The van der Waals surface area contributed by atoms with Crippen molar-refractivity contribution in [1.82, 2.24) is 0 Å². The zero-order chi connectivity index (χ0) is 10.6. The maximum atomic E-state index is 11.5. The molecule has 1 saturated heterocycles. The third-order valence-electron chi connectivity index (χ3n) is 2.46. The van der Waals surface area contributed by atoms with E-state index in [9.17, 15) is 13.2 Å². The largest absolute Gasteiger partial charge is 0.299 e. The number of hydrogen-bond acceptors (Lipinski definition) is 4. The Morgan fingerprint density at radius 3 is 2.71 bits per heavy atom. The highest BCUT2D eigenvalue weighted by Gasteiger charge is 2.32. The Kier molecular flexibility index (Phi) is 4.44. The van der Waals surface area contributed by atoms with Gasteiger partial charge in [0, 0.05) is 12.3 Å². The van der Waals surface area contributed by atoms with Crippen LogP contribution in [0, 0.1) is 5.92 Å². The molecule has 1 rings (SSSR count). The van der Waals surface area contributed by atoms with E-state index in [1.807, 2.05) is 6.26 Å². The highest BCUT2D eigenvalue weighted by atomic mass is 32.2. The minimum Gasteiger partial charge on any atom is -0.299 e. The first-order valence-corrected chi connectivity index (χ1v) is 7.99. The van der Waals surface area contributed by atoms with Crippen LogP contribution in [-0.2, 0) is 14.6 Å². The summed E-state index contributed by atoms with van der Waals surface area (Å²) in [5, 5.41) is 0. The van der Waals surface area contributed by atoms with E-state index in [0.717, 1.165) is 12.2 Å². The van der Waals surface area contributed by atoms with Crippen LogP contribution in [0.2, 0.25) is 0 Å². The lowest BCUT2D eigenvalue weighted by Gasteiger charge is -2.05. The van der Waals surface area contributed by atoms with Crippen molar-refractivity contribution >= 4 is 27.4 Å². The lowest BCUT2D eigenvalue weighted by molar-refractivity contribution is -0.122. The zero-order valence-corrected chi connectivity index (χ0v) is 9.99. The normalized spacial score (nSPS) is 25.1. The van der Waals surface area contributed by atoms with E-state index in [1.54, 1.807) is 11.8 Å². The second-order valence-corrected chi connectivity index (χ2v) is 6.88. The van der Waals surface area contributed by atoms with Crippen molar-refractivity contribution in [2.75, 3.05) is 23.5 Å². The van der Waals surface area contributed by atoms with Gasteiger partial charge in [0.25, 0.3) is 0 Å². The minimum absolute atomic E-state index is 0.0884. The first-order chi connectivity index (χ1) is 6.55. The molecule has 82 valence electrons. The molecular weight excluding hydrogens is 220 g/mol. The molecule has 3 nitrogen and oxygen atoms in total. The predicted molar refractivity (Wildman–Crippen MR) is 59.4 cm³/mol. The van der Waals surface area contributed by atoms with Crippen LogP contribution in [0.1, 0.15) is 19.3 Å². The third kappa shape index (κ3) is 3.61. The number of carbonyl (C=O) groups is 1. The van der Waals surface area contributed by atoms with Crippen molar-refractivity contribution < 1.29 is 13.2 Å². The van der Waals surface area contributed by atoms with E-state index >= 15 is 0 Å². The summed E-state index contributed by atoms with van der Waals surface area (Å²) < 4.78 is 22.2. The maximum Gasteiger partial charge on any atom is 0.151 e. The Morgan fingerprint density at radius 1 is 1.50 bits per heavy atom. The van der Waals surface area contributed by atoms with E-state index in [1.165, 1.54) is 0 Å². The molecule has 0 amide bonds. The second-order valence-electron chi connectivity index (χ2n) is 3.66. The summed E-state index contributed by atoms with van der Waals surface area (Å²) in [7, 11) is -2.90. The summed E-state index contributed by atoms with van der Waals surface area (Å²) in [4.78, 5) is 11.5. The van der Waals surface area contributed by atoms with Crippen LogP contribution in [0.4, 0.5) is 0 Å². The lowest BCUT2D eigenvalue weighted by atomic mass is 10.0. The average Bonchev–Trinajstić information content (AvgIpc) is 2.46. The first-order valence-electron chi connectivity index (χ1n) is 4.77. The van der Waals surface area contributed by atoms with Crippen molar-refractivity contribution in [1.29, 1.82) is 0 Å². The summed E-state index contributed by atoms with van der Waals surface area (Å²) in [6.45, 7) is 0. The molecule has 0 N–H and O–H groups in total. The summed E-state index contributed by atoms with van der Waals surface area (Å²) in [5.74, 6) is 1.20. The van der Waals surface area contributed by atoms with Crippen molar-refractivity contribution in [2.45, 2.75) is 19.3 Å². The lowest BCUT2D eigenvalue weighted by Crippen LogP contribution is -2.15. The van der Waals surface area contributed by atoms with Gasteiger partial charge in [-0.15, -0.1) is 0 Å². The van der Waals surface area contributed by atoms with Crippen LogP contribution in [-0.4, -0.2) is 37.7 Å². The van der Waals surface area contributed by atoms with Gasteiger partial charge < -0.3 is 0 Å². The number of ketones is 1. The summed E-state index contributed by atoms with van der Waals surface area (Å²) in [5.41, 5.74) is 0. The number of sulfone groups is 1. The number of Topliss-reactive ketones (excluding diaryl/α,β-unsaturated/α-hetero) is 1. The fourth-order valence-electron chi connectivity index (χ4n) is 1.64. The molecule has 0 aromatic carbocycles. The highest BCUT2D eigenvalue weighted by Crippen LogP contribution is 2.21. The van der Waals surface area contributed by atoms with Crippen molar-refractivity contribution in [3.05, 3.63) is 0 Å². The van der Waals surface area contributed by atoms with Crippen LogP contribution in [0.3, 0.4) is 0 Å². The van der Waals surface area contributed by atoms with Gasteiger partial charge in [-0.25, -0.2) is 8.42 Å². The smallest absolute Gasteiger partial charge is 0.151 e. The molecular formula is C9H16O3S2. The van der Waals surface area contributed by atoms with Gasteiger partial charge in [0.1, 0.15) is 5.78 Å². The molecule has 0 spiro atoms. The fourth-order valence-corrected chi connectivity index (χ4v) is 3.85. The molecule has 14 heavy (non-hydrogen) atoms. The quantitative estimate of drug-likeness (QED) is 0.672. The number of thioether (sulfide) groups is 1. The predicted octanol–water partition coefficient (Wildman–Crippen LogP) is 1.13. The third-order valence-corrected chi connectivity index (χ3v) is 4.92. The van der Waals surface area contributed by atoms with Gasteiger partial charge in [0.2, 0.25) is 0 Å². The van der Waals surface area contributed by atoms with Gasteiger partial charge >= 0.3 is 0 Å². The number of hydrogen-bond donors (Lipinski definition) is 0. The standard InChI is InChI=1S/C9H16O3S2/c1-13-5-2-3-9(10)8-4-6-14(11,12)7-8/h8H,2-7H2,1H3. The molecule has 0 aliphatic carbocycles. The molecule has 1 heterocycles. The SMILES string of the molecule is CSCCCC(=O)C1CCS(=O)(=O)C1. The molecule has 0 aromatic rings. The molecule has 0 bridgehead atoms. The van der Waals surface area contributed by atoms with Crippen LogP contribution < -0.4 is 0 Å². The van der Waals surface area contributed by atoms with Gasteiger partial charge in [0.05, 0.1) is 11.5 Å². The minimum atomic E-state index is -2.90. The van der Waals surface area contributed by atoms with Crippen molar-refractivity contribution in [2.24, 2.45) is 5.92 Å². The van der Waals surface area contributed by atoms with Gasteiger partial charge in [-0.05, 0) is 24.9 Å². The second kappa shape index (κ2) is 5.16. The van der Waals surface area contributed by atoms with E-state index in [4.69, 9.17) is 0 Å². The van der Waals surface area contributed by atoms with Crippen LogP contribution in [0.15, 0.2) is 0 Å². The van der Waals surface area contributed by atoms with E-state index < -0.39 is 9.84 Å². The van der Waals surface area contributed by atoms with E-state index in [-0.39, 0.29) is 23.2 Å². The molecule has 1 aliphatic heterocycles. The Balaban J connectivity index is 2.33. The average molecular weight is 236 g/mol. The number of rotatable bonds is 5. The van der Waals surface area contributed by atoms with E-state index in [2.05, 4.69) is 0 Å². The molecule has 0 aromatic heterocycles. The van der Waals surface area contributed by atoms with Gasteiger partial charge in [-0.1, -0.05) is 0 Å². The Hall–Kier alpha value is -0.0300. The summed E-state index contributed by atoms with van der Waals surface area (Å²) in [6.07, 6.45) is 3.96. The number of carbonyl (C=O) groups excluding carboxylic acids is 1. The van der Waals surface area contributed by atoms with Gasteiger partial charge in [0.15, 0.2) is 9.84 Å². The highest BCUT2D eigenvalue weighted by molar-refractivity contribution is 7.98. The topological polar surface area (TPSA) is 51.2 Å². The monoisotopic (exact) mass is 236 g/mol. The molecule has 5 heteroatoms. The van der Waals surface area contributed by atoms with Gasteiger partial charge in [-0.2, -0.15) is 11.8 Å². The Labute approximate surface area is 89.6 Å². The van der Waals surface area contributed by atoms with Crippen LogP contribution in [0.5, 0.6) is 0 Å². The Bertz CT molecular complexity index is 295. The fraction of sp³-hybridized carbons (Fsp3) is 0.889. The molecule has 0 saturated carbocycles. The molecule has 0 radical (unpaired) electrons. The van der Waals surface area contributed by atoms with Crippen molar-refractivity contribution in [3.8, 4) is 0 Å². The van der Waals surface area contributed by atoms with Crippen LogP contribution in [0.25, 0.3) is 0 Å². The maximum absolute atomic E-state index is 11.5. The molecule has 1 fully saturated rings. The molecule has 1 unspecified atom stereocenters. The van der Waals surface area contributed by atoms with E-state index in [0.29, 0.717) is 12.8 Å².